The fourth-order valence-electron chi connectivity index (χ4n) is 2.68. The van der Waals surface area contributed by atoms with Gasteiger partial charge in [-0.15, -0.1) is 0 Å². The molecule has 0 amide bonds. The Bertz CT molecular complexity index is 167. The maximum atomic E-state index is 10.1. The van der Waals surface area contributed by atoms with Crippen molar-refractivity contribution in [2.24, 2.45) is 5.92 Å². The van der Waals surface area contributed by atoms with Gasteiger partial charge in [0.25, 0.3) is 0 Å². The van der Waals surface area contributed by atoms with Crippen LogP contribution >= 0.6 is 0 Å². The molecule has 2 unspecified atom stereocenters. The summed E-state index contributed by atoms with van der Waals surface area (Å²) >= 11 is 0. The van der Waals surface area contributed by atoms with Crippen molar-refractivity contribution in [2.45, 2.75) is 110 Å². The van der Waals surface area contributed by atoms with E-state index in [1.807, 2.05) is 0 Å². The zero-order valence-electron chi connectivity index (χ0n) is 13.8. The highest BCUT2D eigenvalue weighted by Crippen LogP contribution is 2.19. The summed E-state index contributed by atoms with van der Waals surface area (Å²) in [6.07, 6.45) is 16.8. The average molecular weight is 271 g/mol. The van der Waals surface area contributed by atoms with E-state index in [0.717, 1.165) is 6.42 Å². The van der Waals surface area contributed by atoms with Crippen LogP contribution in [0.1, 0.15) is 104 Å². The van der Waals surface area contributed by atoms with E-state index in [-0.39, 0.29) is 6.10 Å². The third kappa shape index (κ3) is 12.7. The number of aliphatic hydroxyl groups is 1. The van der Waals surface area contributed by atoms with Gasteiger partial charge in [0, 0.05) is 0 Å². The molecule has 0 aromatic carbocycles. The van der Waals surface area contributed by atoms with E-state index in [1.165, 1.54) is 77.0 Å². The SMILES string of the molecule is CCCCCCCCCC(O)C(C)CCCCCC. The summed E-state index contributed by atoms with van der Waals surface area (Å²) in [7, 11) is 0. The molecule has 1 nitrogen and oxygen atoms in total. The molecule has 1 heteroatoms. The Balaban J connectivity index is 3.33. The lowest BCUT2D eigenvalue weighted by atomic mass is 9.93. The molecule has 0 rings (SSSR count). The van der Waals surface area contributed by atoms with Crippen LogP contribution in [-0.4, -0.2) is 11.2 Å². The molecule has 0 saturated carbocycles. The normalized spacial score (nSPS) is 14.5. The maximum Gasteiger partial charge on any atom is 0.0565 e. The van der Waals surface area contributed by atoms with E-state index in [1.54, 1.807) is 0 Å². The van der Waals surface area contributed by atoms with Gasteiger partial charge in [-0.1, -0.05) is 91.4 Å². The van der Waals surface area contributed by atoms with Crippen molar-refractivity contribution in [2.75, 3.05) is 0 Å². The second-order valence-corrected chi connectivity index (χ2v) is 6.30. The topological polar surface area (TPSA) is 20.2 Å². The molecule has 0 radical (unpaired) electrons. The van der Waals surface area contributed by atoms with Gasteiger partial charge in [0.05, 0.1) is 6.10 Å². The van der Waals surface area contributed by atoms with Gasteiger partial charge < -0.3 is 5.11 Å². The molecule has 0 aliphatic heterocycles. The smallest absolute Gasteiger partial charge is 0.0565 e. The number of hydrogen-bond acceptors (Lipinski definition) is 1. The fourth-order valence-corrected chi connectivity index (χ4v) is 2.68. The van der Waals surface area contributed by atoms with Crippen LogP contribution in [0.4, 0.5) is 0 Å². The minimum Gasteiger partial charge on any atom is -0.393 e. The van der Waals surface area contributed by atoms with Gasteiger partial charge in [0.2, 0.25) is 0 Å². The highest BCUT2D eigenvalue weighted by molar-refractivity contribution is 4.65. The van der Waals surface area contributed by atoms with Crippen molar-refractivity contribution < 1.29 is 5.11 Å². The van der Waals surface area contributed by atoms with Gasteiger partial charge in [0.1, 0.15) is 0 Å². The van der Waals surface area contributed by atoms with E-state index in [4.69, 9.17) is 0 Å². The van der Waals surface area contributed by atoms with Crippen molar-refractivity contribution in [1.82, 2.24) is 0 Å². The van der Waals surface area contributed by atoms with E-state index in [0.29, 0.717) is 5.92 Å². The molecule has 0 aromatic rings. The molecule has 0 fully saturated rings. The van der Waals surface area contributed by atoms with E-state index >= 15 is 0 Å². The van der Waals surface area contributed by atoms with Gasteiger partial charge in [-0.3, -0.25) is 0 Å². The summed E-state index contributed by atoms with van der Waals surface area (Å²) in [5, 5.41) is 10.1. The van der Waals surface area contributed by atoms with Crippen molar-refractivity contribution in [1.29, 1.82) is 0 Å². The lowest BCUT2D eigenvalue weighted by molar-refractivity contribution is 0.0985. The molecular formula is C18H38O. The largest absolute Gasteiger partial charge is 0.393 e. The lowest BCUT2D eigenvalue weighted by Gasteiger charge is -2.18. The molecule has 2 atom stereocenters. The van der Waals surface area contributed by atoms with Gasteiger partial charge >= 0.3 is 0 Å². The molecule has 0 aliphatic carbocycles. The van der Waals surface area contributed by atoms with Crippen molar-refractivity contribution in [3.05, 3.63) is 0 Å². The maximum absolute atomic E-state index is 10.1. The molecule has 19 heavy (non-hydrogen) atoms. The molecule has 0 bridgehead atoms. The minimum absolute atomic E-state index is 0.0581. The number of rotatable bonds is 14. The van der Waals surface area contributed by atoms with Crippen LogP contribution in [0.2, 0.25) is 0 Å². The summed E-state index contributed by atoms with van der Waals surface area (Å²) in [6, 6.07) is 0. The monoisotopic (exact) mass is 270 g/mol. The zero-order valence-corrected chi connectivity index (χ0v) is 13.8. The Hall–Kier alpha value is -0.0400. The predicted octanol–water partition coefficient (Wildman–Crippen LogP) is 6.09. The first kappa shape index (κ1) is 19.0. The van der Waals surface area contributed by atoms with Crippen LogP contribution in [0.25, 0.3) is 0 Å². The van der Waals surface area contributed by atoms with E-state index < -0.39 is 0 Å². The zero-order chi connectivity index (χ0) is 14.3. The Morgan fingerprint density at radius 1 is 0.632 bits per heavy atom. The van der Waals surface area contributed by atoms with E-state index in [9.17, 15) is 5.11 Å². The average Bonchev–Trinajstić information content (AvgIpc) is 2.42. The molecular weight excluding hydrogens is 232 g/mol. The molecule has 0 spiro atoms. The molecule has 116 valence electrons. The van der Waals surface area contributed by atoms with Crippen LogP contribution < -0.4 is 0 Å². The Kier molecular flexibility index (Phi) is 14.3. The summed E-state index contributed by atoms with van der Waals surface area (Å²) in [4.78, 5) is 0. The standard InChI is InChI=1S/C18H38O/c1-4-6-8-10-11-12-14-16-18(19)17(3)15-13-9-7-5-2/h17-19H,4-16H2,1-3H3. The summed E-state index contributed by atoms with van der Waals surface area (Å²) in [5.41, 5.74) is 0. The van der Waals surface area contributed by atoms with Gasteiger partial charge in [0.15, 0.2) is 0 Å². The van der Waals surface area contributed by atoms with Gasteiger partial charge in [-0.25, -0.2) is 0 Å². The Morgan fingerprint density at radius 2 is 1.05 bits per heavy atom. The first-order valence-electron chi connectivity index (χ1n) is 8.90. The van der Waals surface area contributed by atoms with Crippen molar-refractivity contribution in [3.63, 3.8) is 0 Å². The second kappa shape index (κ2) is 14.4. The number of unbranched alkanes of at least 4 members (excludes halogenated alkanes) is 9. The minimum atomic E-state index is -0.0581. The summed E-state index contributed by atoms with van der Waals surface area (Å²) < 4.78 is 0. The van der Waals surface area contributed by atoms with Crippen LogP contribution in [0.5, 0.6) is 0 Å². The predicted molar refractivity (Wildman–Crippen MR) is 86.5 cm³/mol. The van der Waals surface area contributed by atoms with Crippen LogP contribution in [0.3, 0.4) is 0 Å². The number of aliphatic hydroxyl groups excluding tert-OH is 1. The van der Waals surface area contributed by atoms with Crippen molar-refractivity contribution >= 4 is 0 Å². The molecule has 0 aromatic heterocycles. The van der Waals surface area contributed by atoms with Crippen molar-refractivity contribution in [3.8, 4) is 0 Å². The van der Waals surface area contributed by atoms with Gasteiger partial charge in [-0.2, -0.15) is 0 Å². The lowest BCUT2D eigenvalue weighted by Crippen LogP contribution is -2.17. The van der Waals surface area contributed by atoms with Crippen LogP contribution in [-0.2, 0) is 0 Å². The Morgan fingerprint density at radius 3 is 1.63 bits per heavy atom. The third-order valence-electron chi connectivity index (χ3n) is 4.27. The molecule has 1 N–H and O–H groups in total. The first-order chi connectivity index (χ1) is 9.22. The number of hydrogen-bond donors (Lipinski definition) is 1. The second-order valence-electron chi connectivity index (χ2n) is 6.30. The molecule has 0 aliphatic rings. The van der Waals surface area contributed by atoms with E-state index in [2.05, 4.69) is 20.8 Å². The third-order valence-corrected chi connectivity index (χ3v) is 4.27. The van der Waals surface area contributed by atoms with Crippen LogP contribution in [0.15, 0.2) is 0 Å². The highest BCUT2D eigenvalue weighted by Gasteiger charge is 2.13. The molecule has 0 heterocycles. The summed E-state index contributed by atoms with van der Waals surface area (Å²) in [6.45, 7) is 6.73. The van der Waals surface area contributed by atoms with Crippen LogP contribution in [0, 0.1) is 5.92 Å². The summed E-state index contributed by atoms with van der Waals surface area (Å²) in [5.74, 6) is 0.497. The fraction of sp³-hybridized carbons (Fsp3) is 1.00. The quantitative estimate of drug-likeness (QED) is 0.378. The van der Waals surface area contributed by atoms with Gasteiger partial charge in [-0.05, 0) is 18.8 Å². The first-order valence-corrected chi connectivity index (χ1v) is 8.90. The molecule has 0 saturated heterocycles. The highest BCUT2D eigenvalue weighted by atomic mass is 16.3. The Labute approximate surface area is 122 Å².